The van der Waals surface area contributed by atoms with E-state index in [1.54, 1.807) is 0 Å². The number of aromatic hydroxyl groups is 4. The molecule has 2 saturated carbocycles. The van der Waals surface area contributed by atoms with Crippen LogP contribution < -0.4 is 0 Å². The molecule has 0 radical (unpaired) electrons. The van der Waals surface area contributed by atoms with Crippen molar-refractivity contribution in [1.29, 1.82) is 0 Å². The molecule has 2 fully saturated rings. The largest absolute Gasteiger partial charge is 0.508 e. The van der Waals surface area contributed by atoms with Crippen molar-refractivity contribution in [2.75, 3.05) is 0 Å². The summed E-state index contributed by atoms with van der Waals surface area (Å²) in [4.78, 5) is 0. The number of phenolic OH excluding ortho intramolecular Hbond substituents is 4. The van der Waals surface area contributed by atoms with E-state index in [-0.39, 0.29) is 10.8 Å². The van der Waals surface area contributed by atoms with Gasteiger partial charge in [-0.25, -0.2) is 0 Å². The van der Waals surface area contributed by atoms with Crippen LogP contribution in [0.15, 0.2) is 72.8 Å². The Labute approximate surface area is 300 Å². The maximum absolute atomic E-state index is 10.2. The van der Waals surface area contributed by atoms with Gasteiger partial charge in [0.05, 0.1) is 0 Å². The molecule has 0 atom stereocenters. The second kappa shape index (κ2) is 15.1. The summed E-state index contributed by atoms with van der Waals surface area (Å²) in [5, 5.41) is 41.0. The van der Waals surface area contributed by atoms with Crippen LogP contribution in [0, 0.1) is 39.5 Å². The molecule has 0 unspecified atom stereocenters. The third-order valence-corrected chi connectivity index (χ3v) is 12.9. The standard InChI is InChI=1S/C46H58O4/c1-31-27-37(11-15-41(31)47)45(38-12-16-42(48)32(2)28-38)23-19-35(20-24-45)9-7-5-6-8-10-36-21-25-46(26-22-36,39-13-17-43(49)33(3)29-39)40-14-18-44(50)34(4)30-40/h11-18,27-30,35-36,47-50H,5-10,19-26H2,1-4H3. The minimum absolute atomic E-state index is 0.0762. The van der Waals surface area contributed by atoms with E-state index in [2.05, 4.69) is 48.5 Å². The van der Waals surface area contributed by atoms with Gasteiger partial charge in [0.2, 0.25) is 0 Å². The predicted octanol–water partition coefficient (Wildman–Crippen LogP) is 11.7. The van der Waals surface area contributed by atoms with Gasteiger partial charge in [0.25, 0.3) is 0 Å². The maximum atomic E-state index is 10.2. The van der Waals surface area contributed by atoms with E-state index < -0.39 is 0 Å². The molecule has 0 aliphatic heterocycles. The third kappa shape index (κ3) is 7.41. The Morgan fingerprint density at radius 1 is 0.420 bits per heavy atom. The molecule has 6 rings (SSSR count). The molecular weight excluding hydrogens is 617 g/mol. The lowest BCUT2D eigenvalue weighted by molar-refractivity contribution is 0.244. The van der Waals surface area contributed by atoms with E-state index in [4.69, 9.17) is 0 Å². The molecule has 4 N–H and O–H groups in total. The van der Waals surface area contributed by atoms with Gasteiger partial charge in [-0.05, 0) is 160 Å². The Morgan fingerprint density at radius 2 is 0.680 bits per heavy atom. The summed E-state index contributed by atoms with van der Waals surface area (Å²) in [6, 6.07) is 24.5. The van der Waals surface area contributed by atoms with Crippen LogP contribution in [0.4, 0.5) is 0 Å². The molecule has 4 aromatic carbocycles. The van der Waals surface area contributed by atoms with E-state index >= 15 is 0 Å². The van der Waals surface area contributed by atoms with E-state index in [9.17, 15) is 20.4 Å². The van der Waals surface area contributed by atoms with Gasteiger partial charge < -0.3 is 20.4 Å². The lowest BCUT2D eigenvalue weighted by Gasteiger charge is -2.42. The van der Waals surface area contributed by atoms with Crippen LogP contribution in [0.5, 0.6) is 23.0 Å². The van der Waals surface area contributed by atoms with Crippen LogP contribution in [0.25, 0.3) is 0 Å². The number of hydrogen-bond donors (Lipinski definition) is 4. The molecule has 0 spiro atoms. The van der Waals surface area contributed by atoms with Gasteiger partial charge in [-0.3, -0.25) is 0 Å². The van der Waals surface area contributed by atoms with Crippen LogP contribution in [0.1, 0.15) is 134 Å². The smallest absolute Gasteiger partial charge is 0.118 e. The fraction of sp³-hybridized carbons (Fsp3) is 0.478. The van der Waals surface area contributed by atoms with Crippen molar-refractivity contribution in [3.8, 4) is 23.0 Å². The van der Waals surface area contributed by atoms with Gasteiger partial charge >= 0.3 is 0 Å². The first-order valence-electron chi connectivity index (χ1n) is 19.2. The summed E-state index contributed by atoms with van der Waals surface area (Å²) in [6.45, 7) is 7.94. The summed E-state index contributed by atoms with van der Waals surface area (Å²) in [5.41, 5.74) is 8.68. The van der Waals surface area contributed by atoms with Crippen LogP contribution in [-0.4, -0.2) is 20.4 Å². The van der Waals surface area contributed by atoms with E-state index in [0.717, 1.165) is 59.8 Å². The lowest BCUT2D eigenvalue weighted by Crippen LogP contribution is -2.33. The minimum Gasteiger partial charge on any atom is -0.508 e. The highest BCUT2D eigenvalue weighted by atomic mass is 16.3. The highest BCUT2D eigenvalue weighted by Gasteiger charge is 2.40. The minimum atomic E-state index is -0.0762. The topological polar surface area (TPSA) is 80.9 Å². The normalized spacial score (nSPS) is 17.9. The number of aryl methyl sites for hydroxylation is 4. The summed E-state index contributed by atoms with van der Waals surface area (Å²) in [5.74, 6) is 2.93. The zero-order valence-electron chi connectivity index (χ0n) is 30.8. The molecule has 0 aromatic heterocycles. The number of hydrogen-bond acceptors (Lipinski definition) is 4. The molecule has 2 aliphatic carbocycles. The Bertz CT molecular complexity index is 1530. The van der Waals surface area contributed by atoms with Crippen LogP contribution in [0.3, 0.4) is 0 Å². The van der Waals surface area contributed by atoms with Gasteiger partial charge in [0.1, 0.15) is 23.0 Å². The number of rotatable bonds is 11. The quantitative estimate of drug-likeness (QED) is 0.119. The zero-order valence-corrected chi connectivity index (χ0v) is 30.8. The molecule has 0 bridgehead atoms. The van der Waals surface area contributed by atoms with Gasteiger partial charge in [0.15, 0.2) is 0 Å². The van der Waals surface area contributed by atoms with Crippen LogP contribution in [0.2, 0.25) is 0 Å². The van der Waals surface area contributed by atoms with Crippen molar-refractivity contribution in [2.45, 2.75) is 128 Å². The molecule has 0 amide bonds. The Kier molecular flexibility index (Phi) is 10.9. The Morgan fingerprint density at radius 3 is 0.920 bits per heavy atom. The summed E-state index contributed by atoms with van der Waals surface area (Å²) in [6.07, 6.45) is 17.1. The van der Waals surface area contributed by atoms with Crippen molar-refractivity contribution >= 4 is 0 Å². The molecule has 4 nitrogen and oxygen atoms in total. The molecule has 50 heavy (non-hydrogen) atoms. The van der Waals surface area contributed by atoms with Crippen molar-refractivity contribution in [3.05, 3.63) is 117 Å². The van der Waals surface area contributed by atoms with Gasteiger partial charge in [-0.1, -0.05) is 87.1 Å². The lowest BCUT2D eigenvalue weighted by atomic mass is 9.62. The second-order valence-electron chi connectivity index (χ2n) is 16.0. The highest BCUT2D eigenvalue weighted by molar-refractivity contribution is 5.49. The van der Waals surface area contributed by atoms with Gasteiger partial charge in [-0.2, -0.15) is 0 Å². The molecule has 266 valence electrons. The number of unbranched alkanes of at least 4 members (excludes halogenated alkanes) is 3. The Balaban J connectivity index is 0.990. The zero-order chi connectivity index (χ0) is 35.5. The van der Waals surface area contributed by atoms with Crippen molar-refractivity contribution in [3.63, 3.8) is 0 Å². The summed E-state index contributed by atoms with van der Waals surface area (Å²) in [7, 11) is 0. The third-order valence-electron chi connectivity index (χ3n) is 12.9. The first-order valence-corrected chi connectivity index (χ1v) is 19.2. The van der Waals surface area contributed by atoms with E-state index in [0.29, 0.717) is 23.0 Å². The number of benzene rings is 4. The average molecular weight is 675 g/mol. The maximum Gasteiger partial charge on any atom is 0.118 e. The number of phenols is 4. The van der Waals surface area contributed by atoms with Gasteiger partial charge in [0, 0.05) is 10.8 Å². The van der Waals surface area contributed by atoms with Crippen molar-refractivity contribution in [1.82, 2.24) is 0 Å². The van der Waals surface area contributed by atoms with Gasteiger partial charge in [-0.15, -0.1) is 0 Å². The molecule has 0 heterocycles. The molecule has 2 aliphatic rings. The first kappa shape index (κ1) is 35.9. The average Bonchev–Trinajstić information content (AvgIpc) is 3.11. The van der Waals surface area contributed by atoms with E-state index in [1.165, 1.54) is 86.5 Å². The predicted molar refractivity (Wildman–Crippen MR) is 205 cm³/mol. The monoisotopic (exact) mass is 674 g/mol. The fourth-order valence-electron chi connectivity index (χ4n) is 9.44. The molecular formula is C46H58O4. The second-order valence-corrected chi connectivity index (χ2v) is 16.0. The SMILES string of the molecule is Cc1cc(C2(c3ccc(O)c(C)c3)CCC(CCCCCCC3CCC(c4ccc(O)c(C)c4)(c4ccc(O)c(C)c4)CC3)CC2)ccc1O. The molecule has 0 saturated heterocycles. The Hall–Kier alpha value is -3.92. The van der Waals surface area contributed by atoms with E-state index in [1.807, 2.05) is 52.0 Å². The highest BCUT2D eigenvalue weighted by Crippen LogP contribution is 2.50. The van der Waals surface area contributed by atoms with Crippen molar-refractivity contribution in [2.24, 2.45) is 11.8 Å². The summed E-state index contributed by atoms with van der Waals surface area (Å²) >= 11 is 0. The van der Waals surface area contributed by atoms with Crippen LogP contribution >= 0.6 is 0 Å². The van der Waals surface area contributed by atoms with Crippen molar-refractivity contribution < 1.29 is 20.4 Å². The molecule has 4 aromatic rings. The first-order chi connectivity index (χ1) is 24.0. The summed E-state index contributed by atoms with van der Waals surface area (Å²) < 4.78 is 0. The van der Waals surface area contributed by atoms with Crippen LogP contribution in [-0.2, 0) is 10.8 Å². The molecule has 4 heteroatoms. The fourth-order valence-corrected chi connectivity index (χ4v) is 9.44.